The number of nitrogens with two attached hydrogens (primary N) is 1. The molecular formula is C15H24N2O. The first-order valence-electron chi connectivity index (χ1n) is 6.95. The van der Waals surface area contributed by atoms with Gasteiger partial charge < -0.3 is 15.8 Å². The molecule has 100 valence electrons. The van der Waals surface area contributed by atoms with E-state index in [1.807, 2.05) is 18.2 Å². The lowest BCUT2D eigenvalue weighted by Crippen LogP contribution is -2.24. The lowest BCUT2D eigenvalue weighted by atomic mass is 10.1. The van der Waals surface area contributed by atoms with Crippen molar-refractivity contribution in [2.45, 2.75) is 25.3 Å². The highest BCUT2D eigenvalue weighted by Gasteiger charge is 2.20. The van der Waals surface area contributed by atoms with Crippen molar-refractivity contribution in [1.29, 1.82) is 0 Å². The van der Waals surface area contributed by atoms with Gasteiger partial charge in [0, 0.05) is 19.2 Å². The maximum atomic E-state index is 6.11. The molecule has 1 atom stereocenters. The number of nitrogens with one attached hydrogen (secondary N) is 1. The van der Waals surface area contributed by atoms with Crippen molar-refractivity contribution < 1.29 is 4.74 Å². The Morgan fingerprint density at radius 1 is 1.22 bits per heavy atom. The molecule has 2 rings (SSSR count). The Morgan fingerprint density at radius 3 is 2.72 bits per heavy atom. The summed E-state index contributed by atoms with van der Waals surface area (Å²) in [6, 6.07) is 10.4. The first-order chi connectivity index (χ1) is 8.86. The molecule has 0 aromatic heterocycles. The topological polar surface area (TPSA) is 47.3 Å². The van der Waals surface area contributed by atoms with Crippen LogP contribution < -0.4 is 11.1 Å². The van der Waals surface area contributed by atoms with Gasteiger partial charge in [0.25, 0.3) is 0 Å². The first-order valence-corrected chi connectivity index (χ1v) is 6.95. The third-order valence-corrected chi connectivity index (χ3v) is 3.33. The summed E-state index contributed by atoms with van der Waals surface area (Å²) < 4.78 is 5.56. The Kier molecular flexibility index (Phi) is 5.65. The molecular weight excluding hydrogens is 224 g/mol. The number of hydrogen-bond acceptors (Lipinski definition) is 3. The lowest BCUT2D eigenvalue weighted by molar-refractivity contribution is 0.126. The van der Waals surface area contributed by atoms with Gasteiger partial charge >= 0.3 is 0 Å². The third kappa shape index (κ3) is 5.17. The summed E-state index contributed by atoms with van der Waals surface area (Å²) in [4.78, 5) is 0. The van der Waals surface area contributed by atoms with E-state index in [0.29, 0.717) is 0 Å². The van der Waals surface area contributed by atoms with Gasteiger partial charge in [-0.3, -0.25) is 0 Å². The van der Waals surface area contributed by atoms with Crippen molar-refractivity contribution in [2.24, 2.45) is 11.7 Å². The van der Waals surface area contributed by atoms with E-state index >= 15 is 0 Å². The normalized spacial score (nSPS) is 16.7. The van der Waals surface area contributed by atoms with Crippen LogP contribution in [0, 0.1) is 5.92 Å². The van der Waals surface area contributed by atoms with Crippen LogP contribution in [-0.2, 0) is 4.74 Å². The number of ether oxygens (including phenoxy) is 1. The summed E-state index contributed by atoms with van der Waals surface area (Å²) in [5, 5.41) is 3.38. The van der Waals surface area contributed by atoms with Gasteiger partial charge in [-0.25, -0.2) is 0 Å². The molecule has 0 saturated heterocycles. The Hall–Kier alpha value is -0.900. The van der Waals surface area contributed by atoms with E-state index in [9.17, 15) is 0 Å². The van der Waals surface area contributed by atoms with E-state index in [2.05, 4.69) is 17.4 Å². The van der Waals surface area contributed by atoms with Gasteiger partial charge in [0.05, 0.1) is 6.61 Å². The van der Waals surface area contributed by atoms with Crippen LogP contribution in [0.25, 0.3) is 0 Å². The molecule has 1 aromatic rings. The molecule has 1 unspecified atom stereocenters. The Balaban J connectivity index is 1.47. The van der Waals surface area contributed by atoms with Crippen molar-refractivity contribution in [2.75, 3.05) is 26.3 Å². The summed E-state index contributed by atoms with van der Waals surface area (Å²) in [6.07, 6.45) is 3.69. The molecule has 0 spiro atoms. The molecule has 1 saturated carbocycles. The van der Waals surface area contributed by atoms with Crippen molar-refractivity contribution in [3.8, 4) is 0 Å². The average Bonchev–Trinajstić information content (AvgIpc) is 3.22. The largest absolute Gasteiger partial charge is 0.380 e. The fraction of sp³-hybridized carbons (Fsp3) is 0.600. The number of hydrogen-bond donors (Lipinski definition) is 2. The van der Waals surface area contributed by atoms with E-state index in [-0.39, 0.29) is 6.04 Å². The summed E-state index contributed by atoms with van der Waals surface area (Å²) >= 11 is 0. The molecule has 0 radical (unpaired) electrons. The van der Waals surface area contributed by atoms with Crippen molar-refractivity contribution in [1.82, 2.24) is 5.32 Å². The molecule has 0 amide bonds. The fourth-order valence-electron chi connectivity index (χ4n) is 1.93. The molecule has 3 heteroatoms. The molecule has 3 nitrogen and oxygen atoms in total. The minimum atomic E-state index is 0.131. The van der Waals surface area contributed by atoms with E-state index in [1.165, 1.54) is 18.4 Å². The minimum Gasteiger partial charge on any atom is -0.380 e. The Labute approximate surface area is 110 Å². The molecule has 1 aliphatic carbocycles. The van der Waals surface area contributed by atoms with Gasteiger partial charge in [-0.05, 0) is 37.3 Å². The monoisotopic (exact) mass is 248 g/mol. The maximum absolute atomic E-state index is 6.11. The van der Waals surface area contributed by atoms with Crippen LogP contribution in [0.5, 0.6) is 0 Å². The van der Waals surface area contributed by atoms with E-state index in [1.54, 1.807) is 0 Å². The molecule has 1 fully saturated rings. The molecule has 18 heavy (non-hydrogen) atoms. The highest BCUT2D eigenvalue weighted by atomic mass is 16.5. The highest BCUT2D eigenvalue weighted by molar-refractivity contribution is 5.18. The highest BCUT2D eigenvalue weighted by Crippen LogP contribution is 2.28. The molecule has 0 heterocycles. The van der Waals surface area contributed by atoms with Gasteiger partial charge in [0.2, 0.25) is 0 Å². The predicted molar refractivity (Wildman–Crippen MR) is 74.4 cm³/mol. The van der Waals surface area contributed by atoms with Crippen LogP contribution >= 0.6 is 0 Å². The predicted octanol–water partition coefficient (Wildman–Crippen LogP) is 2.09. The second-order valence-corrected chi connectivity index (χ2v) is 5.07. The van der Waals surface area contributed by atoms with Crippen molar-refractivity contribution in [3.63, 3.8) is 0 Å². The minimum absolute atomic E-state index is 0.131. The van der Waals surface area contributed by atoms with Crippen LogP contribution in [0.4, 0.5) is 0 Å². The first kappa shape index (κ1) is 13.5. The standard InChI is InChI=1S/C15H24N2O/c16-15(14-4-2-1-3-5-14)8-9-17-10-11-18-12-13-6-7-13/h1-5,13,15,17H,6-12,16H2. The van der Waals surface area contributed by atoms with Crippen LogP contribution in [0.3, 0.4) is 0 Å². The summed E-state index contributed by atoms with van der Waals surface area (Å²) in [7, 11) is 0. The van der Waals surface area contributed by atoms with E-state index in [0.717, 1.165) is 38.6 Å². The van der Waals surface area contributed by atoms with Crippen molar-refractivity contribution in [3.05, 3.63) is 35.9 Å². The smallest absolute Gasteiger partial charge is 0.0591 e. The summed E-state index contributed by atoms with van der Waals surface area (Å²) in [5.74, 6) is 0.858. The second kappa shape index (κ2) is 7.52. The zero-order valence-electron chi connectivity index (χ0n) is 11.0. The van der Waals surface area contributed by atoms with Crippen LogP contribution in [0.2, 0.25) is 0 Å². The number of benzene rings is 1. The Bertz CT molecular complexity index is 325. The van der Waals surface area contributed by atoms with Gasteiger partial charge in [-0.15, -0.1) is 0 Å². The molecule has 1 aromatic carbocycles. The van der Waals surface area contributed by atoms with Crippen molar-refractivity contribution >= 4 is 0 Å². The van der Waals surface area contributed by atoms with Gasteiger partial charge in [0.15, 0.2) is 0 Å². The van der Waals surface area contributed by atoms with Crippen LogP contribution in [0.1, 0.15) is 30.9 Å². The van der Waals surface area contributed by atoms with E-state index < -0.39 is 0 Å². The molecule has 0 bridgehead atoms. The van der Waals surface area contributed by atoms with Gasteiger partial charge in [-0.1, -0.05) is 30.3 Å². The summed E-state index contributed by atoms with van der Waals surface area (Å²) in [5.41, 5.74) is 7.32. The van der Waals surface area contributed by atoms with Crippen LogP contribution in [-0.4, -0.2) is 26.3 Å². The average molecular weight is 248 g/mol. The third-order valence-electron chi connectivity index (χ3n) is 3.33. The number of rotatable bonds is 9. The fourth-order valence-corrected chi connectivity index (χ4v) is 1.93. The van der Waals surface area contributed by atoms with Crippen LogP contribution in [0.15, 0.2) is 30.3 Å². The molecule has 3 N–H and O–H groups in total. The zero-order valence-corrected chi connectivity index (χ0v) is 11.0. The van der Waals surface area contributed by atoms with E-state index in [4.69, 9.17) is 10.5 Å². The zero-order chi connectivity index (χ0) is 12.6. The molecule has 0 aliphatic heterocycles. The second-order valence-electron chi connectivity index (χ2n) is 5.07. The SMILES string of the molecule is NC(CCNCCOCC1CC1)c1ccccc1. The maximum Gasteiger partial charge on any atom is 0.0591 e. The Morgan fingerprint density at radius 2 is 2.00 bits per heavy atom. The summed E-state index contributed by atoms with van der Waals surface area (Å²) in [6.45, 7) is 3.64. The molecule has 1 aliphatic rings. The van der Waals surface area contributed by atoms with Gasteiger partial charge in [0.1, 0.15) is 0 Å². The van der Waals surface area contributed by atoms with Gasteiger partial charge in [-0.2, -0.15) is 0 Å². The lowest BCUT2D eigenvalue weighted by Gasteiger charge is -2.12. The quantitative estimate of drug-likeness (QED) is 0.658.